The summed E-state index contributed by atoms with van der Waals surface area (Å²) in [6, 6.07) is 1.77. The highest BCUT2D eigenvalue weighted by atomic mass is 79.9. The van der Waals surface area contributed by atoms with Gasteiger partial charge in [-0.15, -0.1) is 0 Å². The lowest BCUT2D eigenvalue weighted by molar-refractivity contribution is 0.424. The van der Waals surface area contributed by atoms with Crippen LogP contribution >= 0.6 is 15.9 Å². The molecule has 0 radical (unpaired) electrons. The fourth-order valence-corrected chi connectivity index (χ4v) is 2.33. The second kappa shape index (κ2) is 2.98. The van der Waals surface area contributed by atoms with Gasteiger partial charge in [0.1, 0.15) is 0 Å². The van der Waals surface area contributed by atoms with E-state index < -0.39 is 5.82 Å². The third-order valence-corrected chi connectivity index (χ3v) is 3.06. The van der Waals surface area contributed by atoms with E-state index in [-0.39, 0.29) is 5.75 Å². The Kier molecular flexibility index (Phi) is 2.06. The SMILES string of the molecule is Cc1cc(Br)c(C2CC2)c(F)c1O. The lowest BCUT2D eigenvalue weighted by Gasteiger charge is -2.08. The zero-order valence-corrected chi connectivity index (χ0v) is 8.86. The number of phenolic OH excluding ortho intramolecular Hbond substituents is 1. The normalized spacial score (nSPS) is 16.2. The van der Waals surface area contributed by atoms with Gasteiger partial charge in [-0.2, -0.15) is 0 Å². The molecule has 1 aromatic rings. The molecule has 1 saturated carbocycles. The third-order valence-electron chi connectivity index (χ3n) is 2.40. The van der Waals surface area contributed by atoms with Crippen molar-refractivity contribution in [2.45, 2.75) is 25.7 Å². The molecule has 0 spiro atoms. The van der Waals surface area contributed by atoms with Crippen molar-refractivity contribution >= 4 is 15.9 Å². The first-order valence-corrected chi connectivity index (χ1v) is 5.08. The fourth-order valence-electron chi connectivity index (χ4n) is 1.49. The fraction of sp³-hybridized carbons (Fsp3) is 0.400. The van der Waals surface area contributed by atoms with Gasteiger partial charge < -0.3 is 5.11 Å². The second-order valence-electron chi connectivity index (χ2n) is 3.53. The van der Waals surface area contributed by atoms with Gasteiger partial charge >= 0.3 is 0 Å². The average Bonchev–Trinajstić information content (AvgIpc) is 2.84. The Morgan fingerprint density at radius 2 is 2.15 bits per heavy atom. The van der Waals surface area contributed by atoms with Crippen LogP contribution in [0.2, 0.25) is 0 Å². The van der Waals surface area contributed by atoms with Crippen LogP contribution in [-0.4, -0.2) is 5.11 Å². The topological polar surface area (TPSA) is 20.2 Å². The molecule has 1 aromatic carbocycles. The van der Waals surface area contributed by atoms with Crippen LogP contribution in [0.1, 0.15) is 29.9 Å². The molecule has 0 aliphatic heterocycles. The number of aryl methyl sites for hydroxylation is 1. The Morgan fingerprint density at radius 1 is 1.54 bits per heavy atom. The first kappa shape index (κ1) is 9.00. The van der Waals surface area contributed by atoms with Gasteiger partial charge in [-0.25, -0.2) is 4.39 Å². The highest BCUT2D eigenvalue weighted by Crippen LogP contribution is 2.46. The first-order valence-electron chi connectivity index (χ1n) is 4.28. The van der Waals surface area contributed by atoms with Gasteiger partial charge in [0.05, 0.1) is 0 Å². The number of rotatable bonds is 1. The number of aromatic hydroxyl groups is 1. The Bertz CT molecular complexity index is 358. The number of hydrogen-bond donors (Lipinski definition) is 1. The predicted molar refractivity (Wildman–Crippen MR) is 52.5 cm³/mol. The molecule has 70 valence electrons. The minimum atomic E-state index is -0.450. The van der Waals surface area contributed by atoms with Crippen molar-refractivity contribution in [3.8, 4) is 5.75 Å². The number of hydrogen-bond acceptors (Lipinski definition) is 1. The summed E-state index contributed by atoms with van der Waals surface area (Å²) in [6.45, 7) is 1.69. The molecule has 3 heteroatoms. The summed E-state index contributed by atoms with van der Waals surface area (Å²) >= 11 is 3.32. The Balaban J connectivity index is 2.60. The van der Waals surface area contributed by atoms with Gasteiger partial charge in [-0.1, -0.05) is 15.9 Å². The summed E-state index contributed by atoms with van der Waals surface area (Å²) in [5.74, 6) is -0.347. The van der Waals surface area contributed by atoms with Crippen LogP contribution < -0.4 is 0 Å². The third kappa shape index (κ3) is 1.46. The lowest BCUT2D eigenvalue weighted by Crippen LogP contribution is -1.92. The molecule has 0 saturated heterocycles. The summed E-state index contributed by atoms with van der Waals surface area (Å²) in [7, 11) is 0. The lowest BCUT2D eigenvalue weighted by atomic mass is 10.1. The van der Waals surface area contributed by atoms with Crippen molar-refractivity contribution in [2.75, 3.05) is 0 Å². The van der Waals surface area contributed by atoms with Gasteiger partial charge in [0.15, 0.2) is 11.6 Å². The maximum atomic E-state index is 13.5. The molecule has 13 heavy (non-hydrogen) atoms. The molecular weight excluding hydrogens is 235 g/mol. The summed E-state index contributed by atoms with van der Waals surface area (Å²) in [5, 5.41) is 9.39. The van der Waals surface area contributed by atoms with E-state index in [9.17, 15) is 9.50 Å². The molecule has 0 atom stereocenters. The Labute approximate surface area is 84.7 Å². The Hall–Kier alpha value is -0.570. The van der Waals surface area contributed by atoms with E-state index in [0.29, 0.717) is 17.0 Å². The van der Waals surface area contributed by atoms with E-state index in [1.807, 2.05) is 0 Å². The highest BCUT2D eigenvalue weighted by molar-refractivity contribution is 9.10. The van der Waals surface area contributed by atoms with E-state index >= 15 is 0 Å². The maximum Gasteiger partial charge on any atom is 0.169 e. The van der Waals surface area contributed by atoms with Gasteiger partial charge in [0.2, 0.25) is 0 Å². The van der Waals surface area contributed by atoms with Gasteiger partial charge in [0, 0.05) is 10.0 Å². The van der Waals surface area contributed by atoms with Gasteiger partial charge in [-0.05, 0) is 37.3 Å². The molecule has 1 nitrogen and oxygen atoms in total. The quantitative estimate of drug-likeness (QED) is 0.802. The molecule has 0 heterocycles. The number of halogens is 2. The van der Waals surface area contributed by atoms with Gasteiger partial charge in [0.25, 0.3) is 0 Å². The zero-order chi connectivity index (χ0) is 9.59. The van der Waals surface area contributed by atoms with Crippen molar-refractivity contribution in [3.63, 3.8) is 0 Å². The van der Waals surface area contributed by atoms with E-state index in [1.165, 1.54) is 0 Å². The van der Waals surface area contributed by atoms with Crippen LogP contribution in [0.25, 0.3) is 0 Å². The number of benzene rings is 1. The van der Waals surface area contributed by atoms with Crippen LogP contribution in [-0.2, 0) is 0 Å². The van der Waals surface area contributed by atoms with Crippen LogP contribution in [0.3, 0.4) is 0 Å². The van der Waals surface area contributed by atoms with Crippen molar-refractivity contribution in [3.05, 3.63) is 27.5 Å². The molecule has 0 unspecified atom stereocenters. The standard InChI is InChI=1S/C10H10BrFO/c1-5-4-7(11)8(6-2-3-6)9(12)10(5)13/h4,6,13H,2-3H2,1H3. The predicted octanol–water partition coefficient (Wildman–Crippen LogP) is 3.48. The summed E-state index contributed by atoms with van der Waals surface area (Å²) in [5.41, 5.74) is 1.22. The van der Waals surface area contributed by atoms with Crippen molar-refractivity contribution in [2.24, 2.45) is 0 Å². The molecule has 0 bridgehead atoms. The first-order chi connectivity index (χ1) is 6.11. The van der Waals surface area contributed by atoms with Gasteiger partial charge in [-0.3, -0.25) is 0 Å². The van der Waals surface area contributed by atoms with E-state index in [0.717, 1.165) is 17.3 Å². The smallest absolute Gasteiger partial charge is 0.169 e. The molecule has 1 aliphatic carbocycles. The van der Waals surface area contributed by atoms with E-state index in [4.69, 9.17) is 0 Å². The summed E-state index contributed by atoms with van der Waals surface area (Å²) < 4.78 is 14.3. The molecular formula is C10H10BrFO. The van der Waals surface area contributed by atoms with Crippen LogP contribution in [0.4, 0.5) is 4.39 Å². The summed E-state index contributed by atoms with van der Waals surface area (Å²) in [6.07, 6.45) is 2.05. The largest absolute Gasteiger partial charge is 0.505 e. The second-order valence-corrected chi connectivity index (χ2v) is 4.38. The zero-order valence-electron chi connectivity index (χ0n) is 7.27. The number of phenols is 1. The van der Waals surface area contributed by atoms with E-state index in [1.54, 1.807) is 13.0 Å². The van der Waals surface area contributed by atoms with Crippen LogP contribution in [0.5, 0.6) is 5.75 Å². The minimum absolute atomic E-state index is 0.204. The minimum Gasteiger partial charge on any atom is -0.505 e. The van der Waals surface area contributed by atoms with E-state index in [2.05, 4.69) is 15.9 Å². The highest BCUT2D eigenvalue weighted by Gasteiger charge is 2.30. The van der Waals surface area contributed by atoms with Crippen molar-refractivity contribution in [1.29, 1.82) is 0 Å². The monoisotopic (exact) mass is 244 g/mol. The molecule has 1 N–H and O–H groups in total. The molecule has 2 rings (SSSR count). The molecule has 1 aliphatic rings. The van der Waals surface area contributed by atoms with Crippen LogP contribution in [0.15, 0.2) is 10.5 Å². The van der Waals surface area contributed by atoms with Crippen molar-refractivity contribution in [1.82, 2.24) is 0 Å². The molecule has 1 fully saturated rings. The summed E-state index contributed by atoms with van der Waals surface area (Å²) in [4.78, 5) is 0. The van der Waals surface area contributed by atoms with Crippen LogP contribution in [0, 0.1) is 12.7 Å². The molecule has 0 amide bonds. The van der Waals surface area contributed by atoms with Crippen molar-refractivity contribution < 1.29 is 9.50 Å². The Morgan fingerprint density at radius 3 is 2.69 bits per heavy atom. The maximum absolute atomic E-state index is 13.5. The average molecular weight is 245 g/mol. The molecule has 0 aromatic heterocycles.